The van der Waals surface area contributed by atoms with E-state index in [1.807, 2.05) is 0 Å². The van der Waals surface area contributed by atoms with E-state index in [4.69, 9.17) is 30.7 Å². The molecule has 12 heteroatoms. The van der Waals surface area contributed by atoms with Gasteiger partial charge in [-0.1, -0.05) is 11.6 Å². The summed E-state index contributed by atoms with van der Waals surface area (Å²) in [6, 6.07) is 12.9. The summed E-state index contributed by atoms with van der Waals surface area (Å²) in [5, 5.41) is 17.8. The lowest BCUT2D eigenvalue weighted by Gasteiger charge is -2.34. The first-order valence-electron chi connectivity index (χ1n) is 10.9. The summed E-state index contributed by atoms with van der Waals surface area (Å²) in [7, 11) is -4.08. The lowest BCUT2D eigenvalue weighted by atomic mass is 9.98. The van der Waals surface area contributed by atoms with Crippen molar-refractivity contribution in [1.82, 2.24) is 15.7 Å². The van der Waals surface area contributed by atoms with E-state index in [1.165, 1.54) is 29.7 Å². The number of rotatable bonds is 9. The number of halogens is 1. The van der Waals surface area contributed by atoms with Crippen LogP contribution in [0.2, 0.25) is 5.02 Å². The fourth-order valence-corrected chi connectivity index (χ4v) is 5.90. The van der Waals surface area contributed by atoms with Crippen LogP contribution in [0.3, 0.4) is 0 Å². The van der Waals surface area contributed by atoms with Gasteiger partial charge in [-0.2, -0.15) is 0 Å². The maximum atomic E-state index is 13.3. The molecule has 0 atom stereocenters. The standard InChI is InChI=1S/C23H24ClN3O7S/c24-17-5-3-16(4-6-17)21-26-25-20(34-21)2-1-13-33-18-7-9-19(10-8-18)35(30,31)23(22(28)27-29)11-14-32-15-12-23/h3-10,29H,1-2,11-15H2,(H,27,28). The van der Waals surface area contributed by atoms with E-state index in [-0.39, 0.29) is 31.0 Å². The highest BCUT2D eigenvalue weighted by molar-refractivity contribution is 7.93. The average molecular weight is 522 g/mol. The Balaban J connectivity index is 1.33. The predicted molar refractivity (Wildman–Crippen MR) is 125 cm³/mol. The van der Waals surface area contributed by atoms with Gasteiger partial charge in [0.25, 0.3) is 5.91 Å². The topological polar surface area (TPSA) is 141 Å². The third kappa shape index (κ3) is 5.32. The normalized spacial score (nSPS) is 15.5. The van der Waals surface area contributed by atoms with Gasteiger partial charge in [0.15, 0.2) is 14.6 Å². The Morgan fingerprint density at radius 3 is 2.43 bits per heavy atom. The largest absolute Gasteiger partial charge is 0.494 e. The van der Waals surface area contributed by atoms with Gasteiger partial charge in [0.1, 0.15) is 5.75 Å². The Labute approximate surface area is 207 Å². The van der Waals surface area contributed by atoms with Gasteiger partial charge in [0.05, 0.1) is 11.5 Å². The number of nitrogens with zero attached hydrogens (tertiary/aromatic N) is 2. The first-order chi connectivity index (χ1) is 16.9. The van der Waals surface area contributed by atoms with Crippen molar-refractivity contribution in [1.29, 1.82) is 0 Å². The van der Waals surface area contributed by atoms with Crippen LogP contribution < -0.4 is 10.2 Å². The van der Waals surface area contributed by atoms with Crippen LogP contribution in [0.25, 0.3) is 11.5 Å². The van der Waals surface area contributed by atoms with Crippen LogP contribution >= 0.6 is 11.6 Å². The molecule has 2 N–H and O–H groups in total. The van der Waals surface area contributed by atoms with Crippen molar-refractivity contribution >= 4 is 27.3 Å². The number of hydroxylamine groups is 1. The van der Waals surface area contributed by atoms with Crippen LogP contribution in [0.4, 0.5) is 0 Å². The Hall–Kier alpha value is -2.99. The zero-order chi connectivity index (χ0) is 24.9. The first-order valence-corrected chi connectivity index (χ1v) is 12.8. The summed E-state index contributed by atoms with van der Waals surface area (Å²) in [5.74, 6) is 0.404. The molecular formula is C23H24ClN3O7S. The third-order valence-corrected chi connectivity index (χ3v) is 8.59. The molecule has 0 unspecified atom stereocenters. The highest BCUT2D eigenvalue weighted by Crippen LogP contribution is 2.35. The molecule has 1 aliphatic heterocycles. The number of nitrogens with one attached hydrogen (secondary N) is 1. The number of carbonyl (C=O) groups excluding carboxylic acids is 1. The molecule has 35 heavy (non-hydrogen) atoms. The van der Waals surface area contributed by atoms with Crippen molar-refractivity contribution in [3.05, 3.63) is 59.4 Å². The number of hydrogen-bond acceptors (Lipinski definition) is 9. The molecule has 1 amide bonds. The maximum absolute atomic E-state index is 13.3. The number of amides is 1. The van der Waals surface area contributed by atoms with Crippen molar-refractivity contribution in [2.75, 3.05) is 19.8 Å². The fourth-order valence-electron chi connectivity index (χ4n) is 3.84. The predicted octanol–water partition coefficient (Wildman–Crippen LogP) is 3.23. The minimum Gasteiger partial charge on any atom is -0.494 e. The second kappa shape index (κ2) is 10.7. The second-order valence-corrected chi connectivity index (χ2v) is 10.7. The molecule has 3 aromatic rings. The van der Waals surface area contributed by atoms with Gasteiger partial charge in [-0.15, -0.1) is 10.2 Å². The summed E-state index contributed by atoms with van der Waals surface area (Å²) in [4.78, 5) is 12.3. The number of aromatic nitrogens is 2. The third-order valence-electron chi connectivity index (χ3n) is 5.83. The molecule has 2 aromatic carbocycles. The van der Waals surface area contributed by atoms with Crippen molar-refractivity contribution in [3.63, 3.8) is 0 Å². The molecule has 2 heterocycles. The number of hydrogen-bond donors (Lipinski definition) is 2. The second-order valence-electron chi connectivity index (χ2n) is 7.98. The van der Waals surface area contributed by atoms with E-state index in [9.17, 15) is 13.2 Å². The van der Waals surface area contributed by atoms with Crippen molar-refractivity contribution in [2.24, 2.45) is 0 Å². The van der Waals surface area contributed by atoms with Gasteiger partial charge in [-0.3, -0.25) is 10.0 Å². The number of aryl methyl sites for hydroxylation is 1. The van der Waals surface area contributed by atoms with Crippen LogP contribution in [0.5, 0.6) is 5.75 Å². The summed E-state index contributed by atoms with van der Waals surface area (Å²) < 4.78 is 41.3. The number of ether oxygens (including phenoxy) is 2. The molecule has 1 saturated heterocycles. The maximum Gasteiger partial charge on any atom is 0.265 e. The highest BCUT2D eigenvalue weighted by atomic mass is 35.5. The molecule has 1 aromatic heterocycles. The molecule has 1 fully saturated rings. The molecule has 0 spiro atoms. The van der Waals surface area contributed by atoms with Crippen molar-refractivity contribution in [3.8, 4) is 17.2 Å². The van der Waals surface area contributed by atoms with E-state index < -0.39 is 20.5 Å². The van der Waals surface area contributed by atoms with Gasteiger partial charge < -0.3 is 13.9 Å². The first kappa shape index (κ1) is 25.1. The minimum absolute atomic E-state index is 0.0315. The molecule has 0 saturated carbocycles. The molecule has 0 aliphatic carbocycles. The lowest BCUT2D eigenvalue weighted by Crippen LogP contribution is -2.54. The van der Waals surface area contributed by atoms with E-state index in [0.29, 0.717) is 42.0 Å². The zero-order valence-electron chi connectivity index (χ0n) is 18.6. The average Bonchev–Trinajstić information content (AvgIpc) is 3.36. The molecule has 1 aliphatic rings. The lowest BCUT2D eigenvalue weighted by molar-refractivity contribution is -0.134. The monoisotopic (exact) mass is 521 g/mol. The van der Waals surface area contributed by atoms with Crippen LogP contribution in [0.15, 0.2) is 57.8 Å². The Morgan fingerprint density at radius 1 is 1.09 bits per heavy atom. The molecule has 186 valence electrons. The Bertz CT molecular complexity index is 1260. The molecule has 4 rings (SSSR count). The smallest absolute Gasteiger partial charge is 0.265 e. The minimum atomic E-state index is -4.08. The van der Waals surface area contributed by atoms with Crippen LogP contribution in [0, 0.1) is 0 Å². The van der Waals surface area contributed by atoms with Crippen molar-refractivity contribution < 1.29 is 32.3 Å². The molecular weight excluding hydrogens is 498 g/mol. The van der Waals surface area contributed by atoms with Gasteiger partial charge in [0.2, 0.25) is 11.8 Å². The van der Waals surface area contributed by atoms with Crippen LogP contribution in [-0.4, -0.2) is 54.3 Å². The summed E-state index contributed by atoms with van der Waals surface area (Å²) >= 11 is 5.89. The van der Waals surface area contributed by atoms with E-state index in [0.717, 1.165) is 5.56 Å². The van der Waals surface area contributed by atoms with Crippen LogP contribution in [-0.2, 0) is 25.8 Å². The Morgan fingerprint density at radius 2 is 1.77 bits per heavy atom. The number of carbonyl (C=O) groups is 1. The highest BCUT2D eigenvalue weighted by Gasteiger charge is 2.52. The van der Waals surface area contributed by atoms with Crippen molar-refractivity contribution in [2.45, 2.75) is 35.3 Å². The number of sulfone groups is 1. The van der Waals surface area contributed by atoms with Gasteiger partial charge in [-0.25, -0.2) is 13.9 Å². The summed E-state index contributed by atoms with van der Waals surface area (Å²) in [6.45, 7) is 0.559. The quantitative estimate of drug-likeness (QED) is 0.246. The summed E-state index contributed by atoms with van der Waals surface area (Å²) in [5.41, 5.74) is 2.28. The SMILES string of the molecule is O=C(NO)C1(S(=O)(=O)c2ccc(OCCCc3nnc(-c4ccc(Cl)cc4)o3)cc2)CCOCC1. The zero-order valence-corrected chi connectivity index (χ0v) is 20.2. The van der Waals surface area contributed by atoms with Gasteiger partial charge >= 0.3 is 0 Å². The molecule has 10 nitrogen and oxygen atoms in total. The van der Waals surface area contributed by atoms with E-state index in [2.05, 4.69) is 10.2 Å². The van der Waals surface area contributed by atoms with E-state index in [1.54, 1.807) is 24.3 Å². The van der Waals surface area contributed by atoms with E-state index >= 15 is 0 Å². The van der Waals surface area contributed by atoms with Gasteiger partial charge in [0, 0.05) is 30.2 Å². The molecule has 0 radical (unpaired) electrons. The van der Waals surface area contributed by atoms with Gasteiger partial charge in [-0.05, 0) is 67.8 Å². The summed E-state index contributed by atoms with van der Waals surface area (Å²) in [6.07, 6.45) is 1.01. The molecule has 0 bridgehead atoms. The Kier molecular flexibility index (Phi) is 7.70. The number of benzene rings is 2. The van der Waals surface area contributed by atoms with Crippen LogP contribution in [0.1, 0.15) is 25.2 Å². The fraction of sp³-hybridized carbons (Fsp3) is 0.348.